The second-order valence-corrected chi connectivity index (χ2v) is 9.33. The number of benzene rings is 1. The average Bonchev–Trinajstić information content (AvgIpc) is 2.79. The molecule has 1 aliphatic heterocycles. The van der Waals surface area contributed by atoms with Crippen LogP contribution in [0, 0.1) is 5.92 Å². The van der Waals surface area contributed by atoms with E-state index in [-0.39, 0.29) is 24.3 Å². The maximum absolute atomic E-state index is 13.8. The van der Waals surface area contributed by atoms with E-state index in [2.05, 4.69) is 34.4 Å². The zero-order valence-electron chi connectivity index (χ0n) is 19.6. The van der Waals surface area contributed by atoms with Gasteiger partial charge in [-0.2, -0.15) is 0 Å². The van der Waals surface area contributed by atoms with Gasteiger partial charge < -0.3 is 10.6 Å². The van der Waals surface area contributed by atoms with Gasteiger partial charge in [0.05, 0.1) is 5.56 Å². The Morgan fingerprint density at radius 1 is 1.06 bits per heavy atom. The molecule has 0 fully saturated rings. The fourth-order valence-corrected chi connectivity index (χ4v) is 4.29. The Balaban J connectivity index is 1.78. The maximum Gasteiger partial charge on any atom is 0.240 e. The van der Waals surface area contributed by atoms with Crippen LogP contribution in [-0.2, 0) is 16.6 Å². The molecule has 1 unspecified atom stereocenters. The van der Waals surface area contributed by atoms with Crippen LogP contribution >= 0.6 is 0 Å². The Hall–Kier alpha value is -3.54. The van der Waals surface area contributed by atoms with Gasteiger partial charge in [-0.15, -0.1) is 0 Å². The lowest BCUT2D eigenvalue weighted by molar-refractivity contribution is -0.125. The summed E-state index contributed by atoms with van der Waals surface area (Å²) < 4.78 is 0. The summed E-state index contributed by atoms with van der Waals surface area (Å²) in [6.07, 6.45) is 4.42. The number of hydrogen-bond acceptors (Lipinski definition) is 5. The van der Waals surface area contributed by atoms with Gasteiger partial charge in [0, 0.05) is 36.2 Å². The Labute approximate surface area is 194 Å². The largest absolute Gasteiger partial charge is 0.368 e. The Bertz CT molecular complexity index is 1170. The van der Waals surface area contributed by atoms with Crippen LogP contribution in [0.4, 0.5) is 5.82 Å². The number of pyridine rings is 2. The first-order chi connectivity index (χ1) is 15.8. The Morgan fingerprint density at radius 3 is 2.58 bits per heavy atom. The molecule has 0 saturated carbocycles. The summed E-state index contributed by atoms with van der Waals surface area (Å²) in [5.74, 6) is 0.488. The van der Waals surface area contributed by atoms with Crippen molar-refractivity contribution in [3.05, 3.63) is 77.7 Å². The molecule has 0 saturated heterocycles. The molecule has 3 heterocycles. The predicted molar refractivity (Wildman–Crippen MR) is 130 cm³/mol. The van der Waals surface area contributed by atoms with Gasteiger partial charge in [0.1, 0.15) is 5.82 Å². The lowest BCUT2D eigenvalue weighted by atomic mass is 9.71. The van der Waals surface area contributed by atoms with Crippen molar-refractivity contribution in [2.75, 3.05) is 11.9 Å². The smallest absolute Gasteiger partial charge is 0.240 e. The van der Waals surface area contributed by atoms with E-state index in [1.165, 1.54) is 0 Å². The van der Waals surface area contributed by atoms with Crippen molar-refractivity contribution < 1.29 is 9.59 Å². The second kappa shape index (κ2) is 9.14. The Morgan fingerprint density at radius 2 is 1.88 bits per heavy atom. The fraction of sp³-hybridized carbons (Fsp3) is 0.333. The number of ketones is 1. The molecule has 3 aromatic rings. The molecule has 2 aromatic heterocycles. The van der Waals surface area contributed by atoms with Crippen molar-refractivity contribution in [1.82, 2.24) is 15.3 Å². The highest BCUT2D eigenvalue weighted by atomic mass is 16.2. The van der Waals surface area contributed by atoms with E-state index in [1.807, 2.05) is 56.4 Å². The van der Waals surface area contributed by atoms with Gasteiger partial charge in [0.15, 0.2) is 11.2 Å². The fourth-order valence-electron chi connectivity index (χ4n) is 4.29. The zero-order valence-corrected chi connectivity index (χ0v) is 19.6. The quantitative estimate of drug-likeness (QED) is 0.553. The molecule has 170 valence electrons. The summed E-state index contributed by atoms with van der Waals surface area (Å²) in [6.45, 7) is 8.27. The number of carbonyl (C=O) groups is 2. The molecule has 6 nitrogen and oxygen atoms in total. The second-order valence-electron chi connectivity index (χ2n) is 9.33. The molecule has 33 heavy (non-hydrogen) atoms. The summed E-state index contributed by atoms with van der Waals surface area (Å²) in [5.41, 5.74) is 2.60. The lowest BCUT2D eigenvalue weighted by Crippen LogP contribution is -2.57. The molecule has 1 aromatic carbocycles. The third-order valence-corrected chi connectivity index (χ3v) is 5.90. The highest BCUT2D eigenvalue weighted by molar-refractivity contribution is 6.22. The summed E-state index contributed by atoms with van der Waals surface area (Å²) in [7, 11) is 0. The van der Waals surface area contributed by atoms with Gasteiger partial charge in [-0.3, -0.25) is 14.6 Å². The lowest BCUT2D eigenvalue weighted by Gasteiger charge is -2.36. The molecule has 0 radical (unpaired) electrons. The number of nitrogens with zero attached hydrogens (tertiary/aromatic N) is 2. The molecule has 6 heteroatoms. The van der Waals surface area contributed by atoms with Crippen LogP contribution in [0.5, 0.6) is 0 Å². The minimum absolute atomic E-state index is 0.0987. The minimum atomic E-state index is -1.39. The predicted octanol–water partition coefficient (Wildman–Crippen LogP) is 4.41. The van der Waals surface area contributed by atoms with Crippen molar-refractivity contribution in [2.45, 2.75) is 45.6 Å². The molecule has 1 amide bonds. The first-order valence-electron chi connectivity index (χ1n) is 11.4. The van der Waals surface area contributed by atoms with E-state index in [0.29, 0.717) is 22.9 Å². The first-order valence-corrected chi connectivity index (χ1v) is 11.4. The van der Waals surface area contributed by atoms with Crippen molar-refractivity contribution >= 4 is 17.5 Å². The van der Waals surface area contributed by atoms with Gasteiger partial charge in [-0.05, 0) is 61.6 Å². The summed E-state index contributed by atoms with van der Waals surface area (Å²) in [6, 6.07) is 15.1. The van der Waals surface area contributed by atoms with E-state index in [9.17, 15) is 9.59 Å². The molecular formula is C27H30N4O2. The van der Waals surface area contributed by atoms with E-state index in [0.717, 1.165) is 23.2 Å². The van der Waals surface area contributed by atoms with E-state index in [1.54, 1.807) is 18.3 Å². The standard InChI is InChI=1S/C27H30N4O2/c1-17(2)13-22-11-10-20(15-29-22)19-7-5-8-21(14-19)27(26(33)31-18(3)4)16-30-25-23(24(27)32)9-6-12-28-25/h5-12,14-15,17-18H,13,16H2,1-4H3,(H,28,30)(H,31,33). The number of amides is 1. The number of Topliss-reactive ketones (excluding diaryl/α,β-unsaturated/α-hetero) is 1. The topological polar surface area (TPSA) is 84.0 Å². The average molecular weight is 443 g/mol. The van der Waals surface area contributed by atoms with Crippen molar-refractivity contribution in [3.63, 3.8) is 0 Å². The maximum atomic E-state index is 13.8. The molecule has 0 spiro atoms. The highest BCUT2D eigenvalue weighted by Gasteiger charge is 2.51. The van der Waals surface area contributed by atoms with Crippen molar-refractivity contribution in [1.29, 1.82) is 0 Å². The van der Waals surface area contributed by atoms with E-state index >= 15 is 0 Å². The van der Waals surface area contributed by atoms with Gasteiger partial charge in [0.25, 0.3) is 0 Å². The SMILES string of the molecule is CC(C)Cc1ccc(-c2cccc(C3(C(=O)NC(C)C)CNc4ncccc4C3=O)c2)cn1. The van der Waals surface area contributed by atoms with Crippen LogP contribution in [0.1, 0.15) is 49.3 Å². The van der Waals surface area contributed by atoms with Crippen LogP contribution in [0.2, 0.25) is 0 Å². The number of hydrogen-bond donors (Lipinski definition) is 2. The zero-order chi connectivity index (χ0) is 23.6. The molecule has 1 atom stereocenters. The third-order valence-electron chi connectivity index (χ3n) is 5.90. The Kier molecular flexibility index (Phi) is 6.27. The number of carbonyl (C=O) groups excluding carboxylic acids is 2. The van der Waals surface area contributed by atoms with Crippen LogP contribution < -0.4 is 10.6 Å². The summed E-state index contributed by atoms with van der Waals surface area (Å²) in [4.78, 5) is 36.2. The highest BCUT2D eigenvalue weighted by Crippen LogP contribution is 2.37. The molecule has 4 rings (SSSR count). The van der Waals surface area contributed by atoms with Crippen LogP contribution in [0.3, 0.4) is 0 Å². The van der Waals surface area contributed by atoms with Gasteiger partial charge in [-0.25, -0.2) is 4.98 Å². The molecule has 0 bridgehead atoms. The number of aromatic nitrogens is 2. The number of anilines is 1. The monoisotopic (exact) mass is 442 g/mol. The first kappa shape index (κ1) is 22.6. The normalized spacial score (nSPS) is 17.6. The number of nitrogens with one attached hydrogen (secondary N) is 2. The minimum Gasteiger partial charge on any atom is -0.368 e. The number of rotatable bonds is 6. The van der Waals surface area contributed by atoms with Crippen LogP contribution in [0.25, 0.3) is 11.1 Å². The van der Waals surface area contributed by atoms with Crippen LogP contribution in [0.15, 0.2) is 60.9 Å². The molecule has 1 aliphatic rings. The van der Waals surface area contributed by atoms with E-state index in [4.69, 9.17) is 0 Å². The summed E-state index contributed by atoms with van der Waals surface area (Å²) >= 11 is 0. The molecular weight excluding hydrogens is 412 g/mol. The van der Waals surface area contributed by atoms with Gasteiger partial charge in [-0.1, -0.05) is 38.1 Å². The van der Waals surface area contributed by atoms with Gasteiger partial charge in [0.2, 0.25) is 5.91 Å². The van der Waals surface area contributed by atoms with Gasteiger partial charge >= 0.3 is 0 Å². The van der Waals surface area contributed by atoms with Crippen molar-refractivity contribution in [3.8, 4) is 11.1 Å². The van der Waals surface area contributed by atoms with Crippen LogP contribution in [-0.4, -0.2) is 34.2 Å². The summed E-state index contributed by atoms with van der Waals surface area (Å²) in [5, 5.41) is 6.18. The third kappa shape index (κ3) is 4.38. The molecule has 2 N–H and O–H groups in total. The molecule has 0 aliphatic carbocycles. The van der Waals surface area contributed by atoms with Crippen molar-refractivity contribution in [2.24, 2.45) is 5.92 Å². The van der Waals surface area contributed by atoms with E-state index < -0.39 is 5.41 Å². The number of fused-ring (bicyclic) bond motifs is 1.